The van der Waals surface area contributed by atoms with Crippen LogP contribution in [0.15, 0.2) is 18.2 Å². The number of hydrogen-bond donors (Lipinski definition) is 2. The standard InChI is InChI=1S/C12H19IN2O/c1-16-8-4-2-3-7-15-12-6-5-10(14)9-11(12)13/h5-6,9,15H,2-4,7-8,14H2,1H3. The molecule has 3 N–H and O–H groups in total. The van der Waals surface area contributed by atoms with Gasteiger partial charge in [0.2, 0.25) is 0 Å². The van der Waals surface area contributed by atoms with E-state index >= 15 is 0 Å². The largest absolute Gasteiger partial charge is 0.399 e. The molecule has 90 valence electrons. The van der Waals surface area contributed by atoms with Crippen LogP contribution in [0.3, 0.4) is 0 Å². The number of halogens is 1. The number of nitrogen functional groups attached to an aromatic ring is 1. The summed E-state index contributed by atoms with van der Waals surface area (Å²) in [4.78, 5) is 0. The summed E-state index contributed by atoms with van der Waals surface area (Å²) < 4.78 is 6.18. The van der Waals surface area contributed by atoms with Gasteiger partial charge in [0.1, 0.15) is 0 Å². The topological polar surface area (TPSA) is 47.3 Å². The van der Waals surface area contributed by atoms with E-state index < -0.39 is 0 Å². The number of nitrogens with two attached hydrogens (primary N) is 1. The van der Waals surface area contributed by atoms with E-state index in [9.17, 15) is 0 Å². The fourth-order valence-corrected chi connectivity index (χ4v) is 2.18. The molecule has 0 atom stereocenters. The molecule has 4 heteroatoms. The van der Waals surface area contributed by atoms with Crippen molar-refractivity contribution < 1.29 is 4.74 Å². The molecular weight excluding hydrogens is 315 g/mol. The van der Waals surface area contributed by atoms with Crippen LogP contribution in [-0.4, -0.2) is 20.3 Å². The van der Waals surface area contributed by atoms with Crippen LogP contribution in [0.25, 0.3) is 0 Å². The zero-order chi connectivity index (χ0) is 11.8. The van der Waals surface area contributed by atoms with Gasteiger partial charge in [0.05, 0.1) is 0 Å². The van der Waals surface area contributed by atoms with E-state index in [0.29, 0.717) is 0 Å². The monoisotopic (exact) mass is 334 g/mol. The smallest absolute Gasteiger partial charge is 0.0477 e. The van der Waals surface area contributed by atoms with Gasteiger partial charge in [-0.1, -0.05) is 0 Å². The van der Waals surface area contributed by atoms with Gasteiger partial charge in [-0.15, -0.1) is 0 Å². The molecule has 16 heavy (non-hydrogen) atoms. The number of unbranched alkanes of at least 4 members (excludes halogenated alkanes) is 2. The Labute approximate surface area is 111 Å². The van der Waals surface area contributed by atoms with Crippen LogP contribution in [-0.2, 0) is 4.74 Å². The molecule has 1 aromatic rings. The van der Waals surface area contributed by atoms with Crippen molar-refractivity contribution in [3.05, 3.63) is 21.8 Å². The lowest BCUT2D eigenvalue weighted by Crippen LogP contribution is -2.03. The minimum Gasteiger partial charge on any atom is -0.399 e. The third kappa shape index (κ3) is 5.03. The van der Waals surface area contributed by atoms with Gasteiger partial charge in [-0.3, -0.25) is 0 Å². The van der Waals surface area contributed by atoms with Gasteiger partial charge in [-0.05, 0) is 60.1 Å². The summed E-state index contributed by atoms with van der Waals surface area (Å²) >= 11 is 2.30. The molecule has 0 aromatic heterocycles. The minimum absolute atomic E-state index is 0.815. The summed E-state index contributed by atoms with van der Waals surface area (Å²) in [7, 11) is 1.75. The van der Waals surface area contributed by atoms with E-state index in [0.717, 1.165) is 25.3 Å². The highest BCUT2D eigenvalue weighted by molar-refractivity contribution is 14.1. The maximum atomic E-state index is 5.69. The summed E-state index contributed by atoms with van der Waals surface area (Å²) in [6, 6.07) is 5.94. The molecule has 0 aliphatic rings. The normalized spacial score (nSPS) is 10.4. The molecule has 1 aromatic carbocycles. The first kappa shape index (κ1) is 13.6. The maximum absolute atomic E-state index is 5.69. The molecule has 0 fully saturated rings. The van der Waals surface area contributed by atoms with Gasteiger partial charge in [0.25, 0.3) is 0 Å². The molecule has 1 rings (SSSR count). The summed E-state index contributed by atoms with van der Waals surface area (Å²) in [5.74, 6) is 0. The molecule has 0 radical (unpaired) electrons. The van der Waals surface area contributed by atoms with Crippen LogP contribution >= 0.6 is 22.6 Å². The number of nitrogens with one attached hydrogen (secondary N) is 1. The van der Waals surface area contributed by atoms with Crippen molar-refractivity contribution in [2.45, 2.75) is 19.3 Å². The summed E-state index contributed by atoms with van der Waals surface area (Å²) in [5, 5.41) is 3.41. The third-order valence-corrected chi connectivity index (χ3v) is 3.23. The van der Waals surface area contributed by atoms with Gasteiger partial charge in [-0.25, -0.2) is 0 Å². The van der Waals surface area contributed by atoms with Crippen LogP contribution in [0, 0.1) is 3.57 Å². The average molecular weight is 334 g/mol. The molecule has 0 saturated heterocycles. The molecule has 0 amide bonds. The second-order valence-corrected chi connectivity index (χ2v) is 4.88. The molecule has 0 saturated carbocycles. The van der Waals surface area contributed by atoms with E-state index in [4.69, 9.17) is 10.5 Å². The van der Waals surface area contributed by atoms with Crippen LogP contribution in [0.4, 0.5) is 11.4 Å². The van der Waals surface area contributed by atoms with Crippen molar-refractivity contribution in [1.29, 1.82) is 0 Å². The molecule has 0 aliphatic carbocycles. The average Bonchev–Trinajstić information content (AvgIpc) is 2.26. The fraction of sp³-hybridized carbons (Fsp3) is 0.500. The van der Waals surface area contributed by atoms with E-state index in [1.807, 2.05) is 18.2 Å². The molecule has 0 aliphatic heterocycles. The Hall–Kier alpha value is -0.490. The molecule has 3 nitrogen and oxygen atoms in total. The van der Waals surface area contributed by atoms with Crippen LogP contribution in [0.1, 0.15) is 19.3 Å². The number of rotatable bonds is 7. The second kappa shape index (κ2) is 7.73. The lowest BCUT2D eigenvalue weighted by Gasteiger charge is -2.08. The number of anilines is 2. The Balaban J connectivity index is 2.21. The quantitative estimate of drug-likeness (QED) is 0.458. The number of methoxy groups -OCH3 is 1. The zero-order valence-corrected chi connectivity index (χ0v) is 11.8. The highest BCUT2D eigenvalue weighted by Gasteiger charge is 1.98. The van der Waals surface area contributed by atoms with E-state index in [-0.39, 0.29) is 0 Å². The van der Waals surface area contributed by atoms with Crippen molar-refractivity contribution in [2.24, 2.45) is 0 Å². The van der Waals surface area contributed by atoms with Crippen LogP contribution < -0.4 is 11.1 Å². The van der Waals surface area contributed by atoms with Crippen LogP contribution in [0.5, 0.6) is 0 Å². The number of ether oxygens (including phenoxy) is 1. The summed E-state index contributed by atoms with van der Waals surface area (Å²) in [6.45, 7) is 1.86. The predicted octanol–water partition coefficient (Wildman–Crippen LogP) is 3.10. The molecule has 0 bridgehead atoms. The van der Waals surface area contributed by atoms with Crippen molar-refractivity contribution in [3.8, 4) is 0 Å². The van der Waals surface area contributed by atoms with Crippen molar-refractivity contribution in [3.63, 3.8) is 0 Å². The summed E-state index contributed by atoms with van der Waals surface area (Å²) in [6.07, 6.45) is 3.51. The van der Waals surface area contributed by atoms with Gasteiger partial charge >= 0.3 is 0 Å². The second-order valence-electron chi connectivity index (χ2n) is 3.72. The van der Waals surface area contributed by atoms with E-state index in [1.54, 1.807) is 7.11 Å². The van der Waals surface area contributed by atoms with E-state index in [1.165, 1.54) is 22.1 Å². The molecule has 0 spiro atoms. The Morgan fingerprint density at radius 3 is 2.81 bits per heavy atom. The minimum atomic E-state index is 0.815. The van der Waals surface area contributed by atoms with Gasteiger partial charge in [0.15, 0.2) is 0 Å². The van der Waals surface area contributed by atoms with Crippen molar-refractivity contribution >= 4 is 34.0 Å². The Kier molecular flexibility index (Phi) is 6.56. The maximum Gasteiger partial charge on any atom is 0.0477 e. The van der Waals surface area contributed by atoms with Gasteiger partial charge < -0.3 is 15.8 Å². The van der Waals surface area contributed by atoms with Gasteiger partial charge in [0, 0.05) is 35.2 Å². The Morgan fingerprint density at radius 1 is 1.31 bits per heavy atom. The Morgan fingerprint density at radius 2 is 2.12 bits per heavy atom. The Bertz CT molecular complexity index is 318. The van der Waals surface area contributed by atoms with Crippen molar-refractivity contribution in [1.82, 2.24) is 0 Å². The first-order valence-corrected chi connectivity index (χ1v) is 6.59. The number of benzene rings is 1. The predicted molar refractivity (Wildman–Crippen MR) is 77.8 cm³/mol. The summed E-state index contributed by atoms with van der Waals surface area (Å²) in [5.41, 5.74) is 7.67. The SMILES string of the molecule is COCCCCCNc1ccc(N)cc1I. The molecule has 0 unspecified atom stereocenters. The lowest BCUT2D eigenvalue weighted by atomic mass is 10.2. The first-order chi connectivity index (χ1) is 7.74. The third-order valence-electron chi connectivity index (χ3n) is 2.33. The number of hydrogen-bond acceptors (Lipinski definition) is 3. The lowest BCUT2D eigenvalue weighted by molar-refractivity contribution is 0.192. The van der Waals surface area contributed by atoms with Crippen molar-refractivity contribution in [2.75, 3.05) is 31.3 Å². The van der Waals surface area contributed by atoms with E-state index in [2.05, 4.69) is 27.9 Å². The fourth-order valence-electron chi connectivity index (χ4n) is 1.45. The van der Waals surface area contributed by atoms with Crippen LogP contribution in [0.2, 0.25) is 0 Å². The highest BCUT2D eigenvalue weighted by Crippen LogP contribution is 2.20. The van der Waals surface area contributed by atoms with Gasteiger partial charge in [-0.2, -0.15) is 0 Å². The molecular formula is C12H19IN2O. The first-order valence-electron chi connectivity index (χ1n) is 5.52. The highest BCUT2D eigenvalue weighted by atomic mass is 127. The zero-order valence-electron chi connectivity index (χ0n) is 9.63. The molecule has 0 heterocycles.